The molecule has 0 spiro atoms. The van der Waals surface area contributed by atoms with Gasteiger partial charge < -0.3 is 0 Å². The number of hydrogen-bond donors (Lipinski definition) is 0. The lowest BCUT2D eigenvalue weighted by Gasteiger charge is -2.30. The standard InChI is InChI=1S/C16H32N2OP/c1-15(2,3)11-17-13-9-7-8-10-14(13)18(20(17)19)12-16(4,5)6/h13-14H,7-12H2,1-6H3/q+1/t13-,14?/m1/s1. The van der Waals surface area contributed by atoms with Crippen molar-refractivity contribution in [2.45, 2.75) is 79.3 Å². The van der Waals surface area contributed by atoms with Crippen molar-refractivity contribution in [2.75, 3.05) is 13.1 Å². The predicted molar refractivity (Wildman–Crippen MR) is 86.0 cm³/mol. The number of hydrogen-bond acceptors (Lipinski definition) is 1. The molecule has 0 bridgehead atoms. The van der Waals surface area contributed by atoms with Crippen molar-refractivity contribution in [3.8, 4) is 0 Å². The highest BCUT2D eigenvalue weighted by atomic mass is 31.1. The second-order valence-electron chi connectivity index (χ2n) is 8.99. The van der Waals surface area contributed by atoms with E-state index in [2.05, 4.69) is 50.9 Å². The Bertz CT molecular complexity index is 336. The molecule has 0 aromatic carbocycles. The summed E-state index contributed by atoms with van der Waals surface area (Å²) in [4.78, 5) is 0. The first kappa shape index (κ1) is 16.4. The van der Waals surface area contributed by atoms with Crippen LogP contribution in [0.2, 0.25) is 0 Å². The maximum absolute atomic E-state index is 13.0. The number of nitrogens with zero attached hydrogens (tertiary/aromatic N) is 2. The van der Waals surface area contributed by atoms with Gasteiger partial charge in [0, 0.05) is 0 Å². The van der Waals surface area contributed by atoms with E-state index in [4.69, 9.17) is 0 Å². The van der Waals surface area contributed by atoms with Crippen molar-refractivity contribution in [1.29, 1.82) is 0 Å². The summed E-state index contributed by atoms with van der Waals surface area (Å²) in [5, 5.41) is 0. The zero-order valence-corrected chi connectivity index (χ0v) is 15.0. The minimum absolute atomic E-state index is 0.213. The average molecular weight is 299 g/mol. The smallest absolute Gasteiger partial charge is 0.0736 e. The summed E-state index contributed by atoms with van der Waals surface area (Å²) >= 11 is 0. The van der Waals surface area contributed by atoms with E-state index in [0.29, 0.717) is 12.1 Å². The minimum Gasteiger partial charge on any atom is -0.0736 e. The predicted octanol–water partition coefficient (Wildman–Crippen LogP) is 4.66. The summed E-state index contributed by atoms with van der Waals surface area (Å²) in [5.41, 5.74) is 0.426. The van der Waals surface area contributed by atoms with E-state index in [0.717, 1.165) is 13.1 Å². The molecule has 3 nitrogen and oxygen atoms in total. The largest absolute Gasteiger partial charge is 0.538 e. The van der Waals surface area contributed by atoms with Gasteiger partial charge in [0.1, 0.15) is 0 Å². The zero-order valence-electron chi connectivity index (χ0n) is 14.1. The van der Waals surface area contributed by atoms with Gasteiger partial charge in [-0.3, -0.25) is 0 Å². The van der Waals surface area contributed by atoms with Gasteiger partial charge in [0.05, 0.1) is 25.2 Å². The van der Waals surface area contributed by atoms with Gasteiger partial charge >= 0.3 is 8.10 Å². The molecule has 116 valence electrons. The molecule has 0 aromatic heterocycles. The first-order chi connectivity index (χ1) is 9.08. The maximum atomic E-state index is 13.0. The van der Waals surface area contributed by atoms with Crippen LogP contribution >= 0.6 is 8.10 Å². The molecule has 1 heterocycles. The third kappa shape index (κ3) is 3.81. The summed E-state index contributed by atoms with van der Waals surface area (Å²) in [7, 11) is -1.35. The van der Waals surface area contributed by atoms with Crippen LogP contribution in [0.15, 0.2) is 0 Å². The van der Waals surface area contributed by atoms with Gasteiger partial charge in [-0.25, -0.2) is 0 Å². The molecule has 2 unspecified atom stereocenters. The molecule has 1 aliphatic carbocycles. The van der Waals surface area contributed by atoms with Crippen LogP contribution in [-0.4, -0.2) is 34.5 Å². The molecule has 1 aliphatic heterocycles. The molecule has 2 aliphatic rings. The van der Waals surface area contributed by atoms with Crippen molar-refractivity contribution >= 4 is 8.10 Å². The second-order valence-corrected chi connectivity index (χ2v) is 10.5. The first-order valence-electron chi connectivity index (χ1n) is 8.09. The molecule has 0 N–H and O–H groups in total. The third-order valence-corrected chi connectivity index (χ3v) is 5.93. The lowest BCUT2D eigenvalue weighted by molar-refractivity contribution is 0.159. The van der Waals surface area contributed by atoms with Gasteiger partial charge in [-0.2, -0.15) is 0 Å². The minimum atomic E-state index is -1.35. The first-order valence-corrected chi connectivity index (χ1v) is 9.25. The van der Waals surface area contributed by atoms with Gasteiger partial charge in [-0.15, -0.1) is 0 Å². The second kappa shape index (κ2) is 5.66. The van der Waals surface area contributed by atoms with Gasteiger partial charge in [0.25, 0.3) is 0 Å². The van der Waals surface area contributed by atoms with Crippen LogP contribution in [0, 0.1) is 10.8 Å². The van der Waals surface area contributed by atoms with Crippen molar-refractivity contribution in [1.82, 2.24) is 9.34 Å². The highest BCUT2D eigenvalue weighted by Gasteiger charge is 2.58. The Morgan fingerprint density at radius 1 is 0.850 bits per heavy atom. The molecule has 0 radical (unpaired) electrons. The Morgan fingerprint density at radius 3 is 1.50 bits per heavy atom. The molecular weight excluding hydrogens is 267 g/mol. The molecule has 2 rings (SSSR count). The van der Waals surface area contributed by atoms with Crippen LogP contribution in [-0.2, 0) is 4.57 Å². The Balaban J connectivity index is 2.20. The van der Waals surface area contributed by atoms with Crippen LogP contribution < -0.4 is 0 Å². The lowest BCUT2D eigenvalue weighted by Crippen LogP contribution is -2.43. The number of rotatable bonds is 2. The molecule has 4 heteroatoms. The van der Waals surface area contributed by atoms with Gasteiger partial charge in [0.2, 0.25) is 0 Å². The third-order valence-electron chi connectivity index (χ3n) is 4.17. The topological polar surface area (TPSA) is 23.6 Å². The zero-order chi connectivity index (χ0) is 15.1. The van der Waals surface area contributed by atoms with E-state index < -0.39 is 8.10 Å². The molecule has 0 amide bonds. The highest BCUT2D eigenvalue weighted by molar-refractivity contribution is 7.39. The Kier molecular flexibility index (Phi) is 4.64. The molecule has 20 heavy (non-hydrogen) atoms. The van der Waals surface area contributed by atoms with Crippen LogP contribution in [0.25, 0.3) is 0 Å². The van der Waals surface area contributed by atoms with Crippen molar-refractivity contribution in [3.63, 3.8) is 0 Å². The van der Waals surface area contributed by atoms with E-state index in [1.165, 1.54) is 25.7 Å². The van der Waals surface area contributed by atoms with Gasteiger partial charge in [0.15, 0.2) is 0 Å². The van der Waals surface area contributed by atoms with Crippen molar-refractivity contribution in [2.24, 2.45) is 10.8 Å². The van der Waals surface area contributed by atoms with Crippen molar-refractivity contribution < 1.29 is 4.57 Å². The van der Waals surface area contributed by atoms with Gasteiger partial charge in [-0.05, 0) is 28.2 Å². The fraction of sp³-hybridized carbons (Fsp3) is 1.00. The monoisotopic (exact) mass is 299 g/mol. The quantitative estimate of drug-likeness (QED) is 0.693. The summed E-state index contributed by atoms with van der Waals surface area (Å²) in [6.45, 7) is 15.4. The fourth-order valence-electron chi connectivity index (χ4n) is 3.52. The molecule has 2 fully saturated rings. The summed E-state index contributed by atoms with van der Waals surface area (Å²) in [6, 6.07) is 1.04. The normalized spacial score (nSPS) is 31.6. The number of fused-ring (bicyclic) bond motifs is 1. The summed E-state index contributed by atoms with van der Waals surface area (Å²) in [6.07, 6.45) is 5.05. The van der Waals surface area contributed by atoms with Crippen LogP contribution in [0.1, 0.15) is 67.2 Å². The molecular formula is C16H32N2OP+. The van der Waals surface area contributed by atoms with Crippen LogP contribution in [0.4, 0.5) is 0 Å². The van der Waals surface area contributed by atoms with E-state index in [-0.39, 0.29) is 10.8 Å². The Hall–Kier alpha value is 0.0200. The van der Waals surface area contributed by atoms with Crippen LogP contribution in [0.3, 0.4) is 0 Å². The van der Waals surface area contributed by atoms with Crippen molar-refractivity contribution in [3.05, 3.63) is 0 Å². The van der Waals surface area contributed by atoms with E-state index in [1.807, 2.05) is 0 Å². The SMILES string of the molecule is CC(C)(C)CN1C2CCCC[C@H]2N(CC(C)(C)C)[P+]1=O. The van der Waals surface area contributed by atoms with E-state index >= 15 is 0 Å². The average Bonchev–Trinajstić information content (AvgIpc) is 2.52. The molecule has 0 aromatic rings. The van der Waals surface area contributed by atoms with E-state index in [9.17, 15) is 4.57 Å². The van der Waals surface area contributed by atoms with Gasteiger partial charge in [-0.1, -0.05) is 63.7 Å². The highest BCUT2D eigenvalue weighted by Crippen LogP contribution is 2.51. The molecule has 1 saturated heterocycles. The fourth-order valence-corrected chi connectivity index (χ4v) is 5.95. The summed E-state index contributed by atoms with van der Waals surface area (Å²) in [5.74, 6) is 0. The molecule has 3 atom stereocenters. The van der Waals surface area contributed by atoms with Crippen LogP contribution in [0.5, 0.6) is 0 Å². The van der Waals surface area contributed by atoms with E-state index in [1.54, 1.807) is 0 Å². The lowest BCUT2D eigenvalue weighted by atomic mass is 9.87. The molecule has 1 saturated carbocycles. The maximum Gasteiger partial charge on any atom is 0.538 e. The Labute approximate surface area is 126 Å². The Morgan fingerprint density at radius 2 is 1.20 bits per heavy atom. The summed E-state index contributed by atoms with van der Waals surface area (Å²) < 4.78 is 17.7.